The summed E-state index contributed by atoms with van der Waals surface area (Å²) in [5.41, 5.74) is 3.99. The number of aryl methyl sites for hydroxylation is 1. The van der Waals surface area contributed by atoms with Crippen LogP contribution in [-0.4, -0.2) is 32.3 Å². The maximum absolute atomic E-state index is 13.4. The number of nitrogens with zero attached hydrogens (tertiary/aromatic N) is 1. The largest absolute Gasteiger partial charge is 0.325 e. The molecule has 0 spiro atoms. The van der Waals surface area contributed by atoms with Crippen LogP contribution in [0.25, 0.3) is 0 Å². The molecule has 0 aliphatic carbocycles. The maximum Gasteiger partial charge on any atom is 0.242 e. The van der Waals surface area contributed by atoms with E-state index in [2.05, 4.69) is 10.0 Å². The molecular formula is C27H29N3O4S. The highest BCUT2D eigenvalue weighted by Gasteiger charge is 2.31. The van der Waals surface area contributed by atoms with Crippen LogP contribution in [0.3, 0.4) is 0 Å². The molecule has 182 valence electrons. The lowest BCUT2D eigenvalue weighted by Gasteiger charge is -2.21. The van der Waals surface area contributed by atoms with Gasteiger partial charge in [0.15, 0.2) is 0 Å². The number of rotatable bonds is 7. The molecule has 2 atom stereocenters. The number of anilines is 2. The zero-order chi connectivity index (χ0) is 25.2. The number of nitrogens with one attached hydrogen (secondary N) is 2. The van der Waals surface area contributed by atoms with Crippen molar-refractivity contribution in [1.29, 1.82) is 0 Å². The first-order valence-electron chi connectivity index (χ1n) is 11.5. The molecule has 3 aromatic carbocycles. The summed E-state index contributed by atoms with van der Waals surface area (Å²) >= 11 is 0. The molecular weight excluding hydrogens is 462 g/mol. The van der Waals surface area contributed by atoms with Crippen molar-refractivity contribution < 1.29 is 18.0 Å². The van der Waals surface area contributed by atoms with Gasteiger partial charge in [-0.1, -0.05) is 48.0 Å². The number of hydrogen-bond donors (Lipinski definition) is 2. The number of hydrogen-bond acceptors (Lipinski definition) is 4. The van der Waals surface area contributed by atoms with Crippen molar-refractivity contribution in [1.82, 2.24) is 4.72 Å². The first-order valence-corrected chi connectivity index (χ1v) is 13.0. The van der Waals surface area contributed by atoms with Crippen molar-refractivity contribution >= 4 is 33.2 Å². The van der Waals surface area contributed by atoms with Gasteiger partial charge in [-0.15, -0.1) is 0 Å². The first kappa shape index (κ1) is 24.6. The molecule has 0 saturated heterocycles. The van der Waals surface area contributed by atoms with Gasteiger partial charge in [0.1, 0.15) is 6.04 Å². The summed E-state index contributed by atoms with van der Waals surface area (Å²) in [6, 6.07) is 20.3. The lowest BCUT2D eigenvalue weighted by Crippen LogP contribution is -2.45. The Morgan fingerprint density at radius 2 is 1.71 bits per heavy atom. The Labute approximate surface area is 206 Å². The molecule has 35 heavy (non-hydrogen) atoms. The van der Waals surface area contributed by atoms with Crippen molar-refractivity contribution in [2.45, 2.75) is 50.6 Å². The van der Waals surface area contributed by atoms with Crippen molar-refractivity contribution in [3.63, 3.8) is 0 Å². The van der Waals surface area contributed by atoms with E-state index < -0.39 is 22.0 Å². The van der Waals surface area contributed by atoms with E-state index in [9.17, 15) is 18.0 Å². The molecule has 1 heterocycles. The zero-order valence-electron chi connectivity index (χ0n) is 20.0. The summed E-state index contributed by atoms with van der Waals surface area (Å²) in [5, 5.41) is 2.82. The molecule has 0 fully saturated rings. The van der Waals surface area contributed by atoms with E-state index in [1.165, 1.54) is 13.0 Å². The third-order valence-electron chi connectivity index (χ3n) is 6.13. The number of carbonyl (C=O) groups is 2. The van der Waals surface area contributed by atoms with Crippen LogP contribution < -0.4 is 14.9 Å². The maximum atomic E-state index is 13.4. The Morgan fingerprint density at radius 3 is 2.37 bits per heavy atom. The summed E-state index contributed by atoms with van der Waals surface area (Å²) in [4.78, 5) is 26.9. The number of carbonyl (C=O) groups excluding carboxylic acids is 2. The second-order valence-corrected chi connectivity index (χ2v) is 10.7. The van der Waals surface area contributed by atoms with Gasteiger partial charge in [0.25, 0.3) is 0 Å². The molecule has 4 rings (SSSR count). The van der Waals surface area contributed by atoms with E-state index in [4.69, 9.17) is 0 Å². The number of amides is 2. The third-order valence-corrected chi connectivity index (χ3v) is 7.60. The second-order valence-electron chi connectivity index (χ2n) is 8.95. The van der Waals surface area contributed by atoms with E-state index >= 15 is 0 Å². The summed E-state index contributed by atoms with van der Waals surface area (Å²) in [6.07, 6.45) is 0.761. The molecule has 0 radical (unpaired) electrons. The van der Waals surface area contributed by atoms with Gasteiger partial charge >= 0.3 is 0 Å². The fourth-order valence-electron chi connectivity index (χ4n) is 4.41. The normalized spacial score (nSPS) is 16.0. The standard InChI is InChI=1S/C27H29N3O4S/c1-18-9-11-23(12-10-18)28-27(32)25(16-21-7-5-4-6-8-21)29-35(33,34)24-13-14-26-22(17-24)15-19(2)30(26)20(3)31/h4-14,17,19,25,29H,15-16H2,1-3H3,(H,28,32)/t19-,25+/m1/s1. The van der Waals surface area contributed by atoms with Gasteiger partial charge in [0, 0.05) is 24.3 Å². The van der Waals surface area contributed by atoms with Crippen LogP contribution in [0.5, 0.6) is 0 Å². The average molecular weight is 492 g/mol. The number of sulfonamides is 1. The molecule has 1 aliphatic heterocycles. The van der Waals surface area contributed by atoms with Crippen LogP contribution in [-0.2, 0) is 32.5 Å². The minimum absolute atomic E-state index is 0.0421. The predicted molar refractivity (Wildman–Crippen MR) is 137 cm³/mol. The lowest BCUT2D eigenvalue weighted by molar-refractivity contribution is -0.118. The monoisotopic (exact) mass is 491 g/mol. The van der Waals surface area contributed by atoms with Gasteiger partial charge in [-0.05, 0) is 68.1 Å². The van der Waals surface area contributed by atoms with Crippen molar-refractivity contribution in [2.24, 2.45) is 0 Å². The average Bonchev–Trinajstić information content (AvgIpc) is 3.15. The molecule has 3 aromatic rings. The molecule has 1 aliphatic rings. The van der Waals surface area contributed by atoms with E-state index in [0.717, 1.165) is 22.4 Å². The van der Waals surface area contributed by atoms with Crippen molar-refractivity contribution in [3.05, 3.63) is 89.5 Å². The van der Waals surface area contributed by atoms with Crippen LogP contribution in [0, 0.1) is 6.92 Å². The highest BCUT2D eigenvalue weighted by molar-refractivity contribution is 7.89. The summed E-state index contributed by atoms with van der Waals surface area (Å²) in [7, 11) is -4.01. The zero-order valence-corrected chi connectivity index (χ0v) is 20.8. The van der Waals surface area contributed by atoms with E-state index in [1.807, 2.05) is 56.3 Å². The molecule has 2 amide bonds. The fourth-order valence-corrected chi connectivity index (χ4v) is 5.66. The van der Waals surface area contributed by atoms with E-state index in [1.54, 1.807) is 29.2 Å². The Kier molecular flexibility index (Phi) is 7.05. The topological polar surface area (TPSA) is 95.6 Å². The van der Waals surface area contributed by atoms with Gasteiger partial charge in [0.2, 0.25) is 21.8 Å². The smallest absolute Gasteiger partial charge is 0.242 e. The van der Waals surface area contributed by atoms with Gasteiger partial charge in [0.05, 0.1) is 4.90 Å². The van der Waals surface area contributed by atoms with Crippen LogP contribution in [0.15, 0.2) is 77.7 Å². The lowest BCUT2D eigenvalue weighted by atomic mass is 10.1. The highest BCUT2D eigenvalue weighted by atomic mass is 32.2. The quantitative estimate of drug-likeness (QED) is 0.525. The van der Waals surface area contributed by atoms with Crippen molar-refractivity contribution in [3.8, 4) is 0 Å². The molecule has 7 nitrogen and oxygen atoms in total. The Balaban J connectivity index is 1.60. The van der Waals surface area contributed by atoms with Crippen molar-refractivity contribution in [2.75, 3.05) is 10.2 Å². The van der Waals surface area contributed by atoms with Crippen LogP contribution in [0.4, 0.5) is 11.4 Å². The minimum atomic E-state index is -4.01. The molecule has 2 N–H and O–H groups in total. The van der Waals surface area contributed by atoms with E-state index in [0.29, 0.717) is 12.1 Å². The van der Waals surface area contributed by atoms with Gasteiger partial charge < -0.3 is 10.2 Å². The fraction of sp³-hybridized carbons (Fsp3) is 0.259. The SMILES string of the molecule is CC(=O)N1c2ccc(S(=O)(=O)N[C@@H](Cc3ccccc3)C(=O)Nc3ccc(C)cc3)cc2C[C@H]1C. The highest BCUT2D eigenvalue weighted by Crippen LogP contribution is 2.34. The summed E-state index contributed by atoms with van der Waals surface area (Å²) < 4.78 is 29.3. The second kappa shape index (κ2) is 10.0. The van der Waals surface area contributed by atoms with Crippen LogP contribution >= 0.6 is 0 Å². The molecule has 0 saturated carbocycles. The molecule has 8 heteroatoms. The van der Waals surface area contributed by atoms with Gasteiger partial charge in [-0.3, -0.25) is 9.59 Å². The summed E-state index contributed by atoms with van der Waals surface area (Å²) in [5.74, 6) is -0.528. The number of fused-ring (bicyclic) bond motifs is 1. The molecule has 0 unspecified atom stereocenters. The Hall–Kier alpha value is -3.49. The Morgan fingerprint density at radius 1 is 1.03 bits per heavy atom. The van der Waals surface area contributed by atoms with Gasteiger partial charge in [-0.2, -0.15) is 4.72 Å². The Bertz CT molecular complexity index is 1340. The first-order chi connectivity index (χ1) is 16.6. The molecule has 0 aromatic heterocycles. The van der Waals surface area contributed by atoms with Crippen LogP contribution in [0.2, 0.25) is 0 Å². The van der Waals surface area contributed by atoms with Gasteiger partial charge in [-0.25, -0.2) is 8.42 Å². The van der Waals surface area contributed by atoms with Crippen LogP contribution in [0.1, 0.15) is 30.5 Å². The predicted octanol–water partition coefficient (Wildman–Crippen LogP) is 3.82. The summed E-state index contributed by atoms with van der Waals surface area (Å²) in [6.45, 7) is 5.38. The number of benzene rings is 3. The minimum Gasteiger partial charge on any atom is -0.325 e. The third kappa shape index (κ3) is 5.61. The molecule has 0 bridgehead atoms. The van der Waals surface area contributed by atoms with E-state index in [-0.39, 0.29) is 23.3 Å².